The average Bonchev–Trinajstić information content (AvgIpc) is 2.40. The maximum absolute atomic E-state index is 13.5. The summed E-state index contributed by atoms with van der Waals surface area (Å²) in [6.45, 7) is 2.55. The number of amides is 1. The zero-order chi connectivity index (χ0) is 13.7. The first-order chi connectivity index (χ1) is 9.18. The number of hydrogen-bond acceptors (Lipinski definition) is 3. The van der Waals surface area contributed by atoms with Crippen molar-refractivity contribution in [1.29, 1.82) is 0 Å². The van der Waals surface area contributed by atoms with E-state index in [2.05, 4.69) is 10.6 Å². The fourth-order valence-corrected chi connectivity index (χ4v) is 2.39. The number of phenolic OH excluding ortho intramolecular Hbond substituents is 1. The van der Waals surface area contributed by atoms with Crippen LogP contribution in [0.5, 0.6) is 5.75 Å². The predicted molar refractivity (Wildman–Crippen MR) is 70.6 cm³/mol. The van der Waals surface area contributed by atoms with E-state index in [1.54, 1.807) is 0 Å². The first kappa shape index (κ1) is 13.8. The van der Waals surface area contributed by atoms with Crippen LogP contribution in [0.1, 0.15) is 29.6 Å². The van der Waals surface area contributed by atoms with Gasteiger partial charge in [-0.1, -0.05) is 6.07 Å². The lowest BCUT2D eigenvalue weighted by Gasteiger charge is -2.22. The van der Waals surface area contributed by atoms with Crippen LogP contribution >= 0.6 is 0 Å². The van der Waals surface area contributed by atoms with Gasteiger partial charge in [-0.3, -0.25) is 4.79 Å². The summed E-state index contributed by atoms with van der Waals surface area (Å²) >= 11 is 0. The fourth-order valence-electron chi connectivity index (χ4n) is 2.39. The molecule has 1 aliphatic rings. The second-order valence-corrected chi connectivity index (χ2v) is 4.87. The van der Waals surface area contributed by atoms with Crippen molar-refractivity contribution in [2.45, 2.75) is 19.3 Å². The topological polar surface area (TPSA) is 61.4 Å². The Kier molecular flexibility index (Phi) is 4.74. The van der Waals surface area contributed by atoms with Gasteiger partial charge in [-0.25, -0.2) is 4.39 Å². The molecule has 5 heteroatoms. The molecule has 0 aliphatic carbocycles. The summed E-state index contributed by atoms with van der Waals surface area (Å²) in [7, 11) is 0. The number of carbonyl (C=O) groups is 1. The highest BCUT2D eigenvalue weighted by molar-refractivity contribution is 5.97. The fraction of sp³-hybridized carbons (Fsp3) is 0.500. The molecule has 0 atom stereocenters. The SMILES string of the molecule is O=C(NCCC1CCNCC1)c1c(O)cccc1F. The summed E-state index contributed by atoms with van der Waals surface area (Å²) in [5.74, 6) is -0.959. The molecule has 1 fully saturated rings. The summed E-state index contributed by atoms with van der Waals surface area (Å²) < 4.78 is 13.5. The molecule has 1 aromatic carbocycles. The minimum absolute atomic E-state index is 0.271. The molecule has 0 bridgehead atoms. The highest BCUT2D eigenvalue weighted by Gasteiger charge is 2.17. The monoisotopic (exact) mass is 266 g/mol. The zero-order valence-corrected chi connectivity index (χ0v) is 10.8. The molecule has 1 heterocycles. The lowest BCUT2D eigenvalue weighted by Crippen LogP contribution is -2.31. The van der Waals surface area contributed by atoms with Crippen molar-refractivity contribution in [2.75, 3.05) is 19.6 Å². The van der Waals surface area contributed by atoms with Crippen LogP contribution in [0.4, 0.5) is 4.39 Å². The van der Waals surface area contributed by atoms with Gasteiger partial charge < -0.3 is 15.7 Å². The van der Waals surface area contributed by atoms with E-state index in [9.17, 15) is 14.3 Å². The first-order valence-corrected chi connectivity index (χ1v) is 6.65. The van der Waals surface area contributed by atoms with Crippen LogP contribution in [0.15, 0.2) is 18.2 Å². The number of benzene rings is 1. The van der Waals surface area contributed by atoms with Gasteiger partial charge in [-0.05, 0) is 50.4 Å². The quantitative estimate of drug-likeness (QED) is 0.776. The van der Waals surface area contributed by atoms with E-state index in [-0.39, 0.29) is 11.3 Å². The summed E-state index contributed by atoms with van der Waals surface area (Å²) in [4.78, 5) is 11.8. The molecule has 19 heavy (non-hydrogen) atoms. The molecule has 0 unspecified atom stereocenters. The van der Waals surface area contributed by atoms with Crippen molar-refractivity contribution in [2.24, 2.45) is 5.92 Å². The first-order valence-electron chi connectivity index (χ1n) is 6.65. The zero-order valence-electron chi connectivity index (χ0n) is 10.8. The normalized spacial score (nSPS) is 16.3. The van der Waals surface area contributed by atoms with Crippen molar-refractivity contribution < 1.29 is 14.3 Å². The highest BCUT2D eigenvalue weighted by Crippen LogP contribution is 2.20. The van der Waals surface area contributed by atoms with Crippen molar-refractivity contribution in [3.63, 3.8) is 0 Å². The molecule has 1 saturated heterocycles. The van der Waals surface area contributed by atoms with Crippen LogP contribution in [-0.4, -0.2) is 30.6 Å². The molecule has 4 nitrogen and oxygen atoms in total. The highest BCUT2D eigenvalue weighted by atomic mass is 19.1. The summed E-state index contributed by atoms with van der Waals surface area (Å²) in [6.07, 6.45) is 3.12. The minimum Gasteiger partial charge on any atom is -0.507 e. The van der Waals surface area contributed by atoms with Gasteiger partial charge in [0, 0.05) is 6.54 Å². The molecule has 0 saturated carbocycles. The molecule has 0 radical (unpaired) electrons. The van der Waals surface area contributed by atoms with E-state index >= 15 is 0 Å². The molecule has 1 aromatic rings. The largest absolute Gasteiger partial charge is 0.507 e. The molecule has 1 amide bonds. The van der Waals surface area contributed by atoms with E-state index in [4.69, 9.17) is 0 Å². The van der Waals surface area contributed by atoms with Gasteiger partial charge in [0.1, 0.15) is 17.1 Å². The van der Waals surface area contributed by atoms with Crippen molar-refractivity contribution in [1.82, 2.24) is 10.6 Å². The lowest BCUT2D eigenvalue weighted by molar-refractivity contribution is 0.0943. The van der Waals surface area contributed by atoms with Crippen molar-refractivity contribution >= 4 is 5.91 Å². The summed E-state index contributed by atoms with van der Waals surface area (Å²) in [5, 5.41) is 15.5. The standard InChI is InChI=1S/C14H19FN2O2/c15-11-2-1-3-12(18)13(11)14(19)17-9-6-10-4-7-16-8-5-10/h1-3,10,16,18H,4-9H2,(H,17,19). The number of nitrogens with one attached hydrogen (secondary N) is 2. The van der Waals surface area contributed by atoms with Gasteiger partial charge in [0.15, 0.2) is 0 Å². The number of rotatable bonds is 4. The molecular weight excluding hydrogens is 247 g/mol. The third-order valence-corrected chi connectivity index (χ3v) is 3.52. The van der Waals surface area contributed by atoms with Gasteiger partial charge in [-0.2, -0.15) is 0 Å². The molecule has 104 valence electrons. The second kappa shape index (κ2) is 6.52. The third-order valence-electron chi connectivity index (χ3n) is 3.52. The second-order valence-electron chi connectivity index (χ2n) is 4.87. The minimum atomic E-state index is -0.695. The van der Waals surface area contributed by atoms with Crippen LogP contribution in [-0.2, 0) is 0 Å². The van der Waals surface area contributed by atoms with Crippen LogP contribution < -0.4 is 10.6 Å². The van der Waals surface area contributed by atoms with E-state index in [1.807, 2.05) is 0 Å². The van der Waals surface area contributed by atoms with Crippen LogP contribution in [0.25, 0.3) is 0 Å². The van der Waals surface area contributed by atoms with Gasteiger partial charge in [-0.15, -0.1) is 0 Å². The number of halogens is 1. The van der Waals surface area contributed by atoms with Crippen molar-refractivity contribution in [3.05, 3.63) is 29.6 Å². The predicted octanol–water partition coefficient (Wildman–Crippen LogP) is 1.65. The Labute approximate surface area is 112 Å². The molecule has 1 aliphatic heterocycles. The molecule has 3 N–H and O–H groups in total. The summed E-state index contributed by atoms with van der Waals surface area (Å²) in [5.41, 5.74) is -0.271. The number of aromatic hydroxyl groups is 1. The maximum Gasteiger partial charge on any atom is 0.258 e. The van der Waals surface area contributed by atoms with Crippen LogP contribution in [0, 0.1) is 11.7 Å². The molecule has 2 rings (SSSR count). The Morgan fingerprint density at radius 2 is 2.16 bits per heavy atom. The maximum atomic E-state index is 13.5. The van der Waals surface area contributed by atoms with Crippen molar-refractivity contribution in [3.8, 4) is 5.75 Å². The smallest absolute Gasteiger partial charge is 0.258 e. The number of phenols is 1. The van der Waals surface area contributed by atoms with Gasteiger partial charge in [0.05, 0.1) is 0 Å². The average molecular weight is 266 g/mol. The molecule has 0 aromatic heterocycles. The number of piperidine rings is 1. The third kappa shape index (κ3) is 3.67. The molecular formula is C14H19FN2O2. The van der Waals surface area contributed by atoms with Crippen LogP contribution in [0.3, 0.4) is 0 Å². The van der Waals surface area contributed by atoms with Gasteiger partial charge >= 0.3 is 0 Å². The molecule has 0 spiro atoms. The number of carbonyl (C=O) groups excluding carboxylic acids is 1. The Bertz CT molecular complexity index is 425. The Balaban J connectivity index is 1.84. The Morgan fingerprint density at radius 1 is 1.42 bits per heavy atom. The number of hydrogen-bond donors (Lipinski definition) is 3. The van der Waals surface area contributed by atoms with Gasteiger partial charge in [0.25, 0.3) is 5.91 Å². The van der Waals surface area contributed by atoms with E-state index in [0.717, 1.165) is 32.4 Å². The Morgan fingerprint density at radius 3 is 2.84 bits per heavy atom. The van der Waals surface area contributed by atoms with E-state index < -0.39 is 11.7 Å². The van der Waals surface area contributed by atoms with E-state index in [1.165, 1.54) is 18.2 Å². The summed E-state index contributed by atoms with van der Waals surface area (Å²) in [6, 6.07) is 3.85. The Hall–Kier alpha value is -1.62. The van der Waals surface area contributed by atoms with Crippen LogP contribution in [0.2, 0.25) is 0 Å². The van der Waals surface area contributed by atoms with Gasteiger partial charge in [0.2, 0.25) is 0 Å². The van der Waals surface area contributed by atoms with E-state index in [0.29, 0.717) is 12.5 Å². The lowest BCUT2D eigenvalue weighted by atomic mass is 9.95.